The zero-order chi connectivity index (χ0) is 21.2. The molecule has 1 saturated carbocycles. The predicted molar refractivity (Wildman–Crippen MR) is 118 cm³/mol. The second-order valence-electron chi connectivity index (χ2n) is 8.75. The number of ether oxygens (including phenoxy) is 1. The number of benzene rings is 1. The number of aryl methyl sites for hydroxylation is 2. The summed E-state index contributed by atoms with van der Waals surface area (Å²) in [7, 11) is -1.44. The Balaban J connectivity index is 2.08. The first kappa shape index (κ1) is 21.1. The van der Waals surface area contributed by atoms with Crippen LogP contribution in [0.25, 0.3) is 11.3 Å². The van der Waals surface area contributed by atoms with Gasteiger partial charge in [-0.05, 0) is 44.2 Å². The lowest BCUT2D eigenvalue weighted by Gasteiger charge is -2.17. The summed E-state index contributed by atoms with van der Waals surface area (Å²) in [5.41, 5.74) is 2.61. The van der Waals surface area contributed by atoms with E-state index in [2.05, 4.69) is 42.9 Å². The topological polar surface area (TPSA) is 67.9 Å². The van der Waals surface area contributed by atoms with Crippen molar-refractivity contribution in [3.05, 3.63) is 47.3 Å². The zero-order valence-corrected chi connectivity index (χ0v) is 19.0. The van der Waals surface area contributed by atoms with Gasteiger partial charge in [0.2, 0.25) is 0 Å². The Hall–Kier alpha value is -2.65. The van der Waals surface area contributed by atoms with Crippen LogP contribution in [-0.4, -0.2) is 23.8 Å². The van der Waals surface area contributed by atoms with Gasteiger partial charge in [-0.1, -0.05) is 49.1 Å². The molecule has 0 bridgehead atoms. The molecule has 0 N–H and O–H groups in total. The van der Waals surface area contributed by atoms with E-state index in [1.807, 2.05) is 32.0 Å². The van der Waals surface area contributed by atoms with Crippen LogP contribution in [0.3, 0.4) is 0 Å². The highest BCUT2D eigenvalue weighted by atomic mass is 28.3. The number of rotatable bonds is 7. The first-order chi connectivity index (χ1) is 13.7. The Bertz CT molecular complexity index is 971. The number of nitrogens with zero attached hydrogens (tertiary/aromatic N) is 3. The third-order valence-electron chi connectivity index (χ3n) is 5.18. The van der Waals surface area contributed by atoms with Gasteiger partial charge < -0.3 is 4.74 Å². The number of hydrogen-bond acceptors (Lipinski definition) is 4. The van der Waals surface area contributed by atoms with Crippen LogP contribution in [0.5, 0.6) is 0 Å². The average Bonchev–Trinajstić information content (AvgIpc) is 3.39. The highest BCUT2D eigenvalue weighted by Gasteiger charge is 2.28. The molecule has 1 heterocycles. The average molecular weight is 408 g/mol. The first-order valence-corrected chi connectivity index (χ1v) is 13.7. The quantitative estimate of drug-likeness (QED) is 0.293. The van der Waals surface area contributed by atoms with Crippen molar-refractivity contribution in [1.29, 1.82) is 5.26 Å². The van der Waals surface area contributed by atoms with Crippen LogP contribution in [0.1, 0.15) is 43.1 Å². The zero-order valence-electron chi connectivity index (χ0n) is 18.0. The van der Waals surface area contributed by atoms with Crippen LogP contribution in [0.2, 0.25) is 19.6 Å². The minimum atomic E-state index is -1.44. The third-order valence-corrected chi connectivity index (χ3v) is 7.25. The smallest absolute Gasteiger partial charge is 0.311 e. The Labute approximate surface area is 174 Å². The van der Waals surface area contributed by atoms with Gasteiger partial charge in [0.25, 0.3) is 0 Å². The summed E-state index contributed by atoms with van der Waals surface area (Å²) < 4.78 is 7.59. The summed E-state index contributed by atoms with van der Waals surface area (Å²) in [4.78, 5) is 12.5. The lowest BCUT2D eigenvalue weighted by atomic mass is 10.0. The number of nitriles is 1. The van der Waals surface area contributed by atoms with E-state index in [0.29, 0.717) is 35.9 Å². The lowest BCUT2D eigenvalue weighted by molar-refractivity contribution is -0.137. The molecule has 0 spiro atoms. The van der Waals surface area contributed by atoms with Crippen molar-refractivity contribution < 1.29 is 9.53 Å². The van der Waals surface area contributed by atoms with Crippen molar-refractivity contribution in [2.75, 3.05) is 0 Å². The summed E-state index contributed by atoms with van der Waals surface area (Å²) in [6.45, 7) is 11.4. The number of carbonyl (C=O) groups is 1. The van der Waals surface area contributed by atoms with Gasteiger partial charge in [-0.3, -0.25) is 9.48 Å². The van der Waals surface area contributed by atoms with Crippen LogP contribution in [0, 0.1) is 24.2 Å². The molecule has 1 fully saturated rings. The first-order valence-electron chi connectivity index (χ1n) is 10.2. The molecule has 0 aliphatic heterocycles. The number of aromatic nitrogens is 2. The maximum Gasteiger partial charge on any atom is 0.311 e. The second kappa shape index (κ2) is 8.38. The van der Waals surface area contributed by atoms with E-state index in [4.69, 9.17) is 4.74 Å². The van der Waals surface area contributed by atoms with Gasteiger partial charge in [0.15, 0.2) is 5.76 Å². The summed E-state index contributed by atoms with van der Waals surface area (Å²) in [6, 6.07) is 12.2. The molecule has 1 aliphatic rings. The molecule has 0 amide bonds. The molecule has 29 heavy (non-hydrogen) atoms. The van der Waals surface area contributed by atoms with Gasteiger partial charge in [0.1, 0.15) is 17.3 Å². The molecule has 1 aromatic carbocycles. The molecule has 6 heteroatoms. The molecule has 0 unspecified atom stereocenters. The van der Waals surface area contributed by atoms with Gasteiger partial charge in [-0.15, -0.1) is 0 Å². The van der Waals surface area contributed by atoms with E-state index >= 15 is 0 Å². The maximum absolute atomic E-state index is 12.5. The van der Waals surface area contributed by atoms with E-state index in [9.17, 15) is 10.1 Å². The molecule has 1 aromatic heterocycles. The van der Waals surface area contributed by atoms with Gasteiger partial charge in [0.05, 0.1) is 13.8 Å². The molecular formula is C23H29N3O2Si. The van der Waals surface area contributed by atoms with Crippen LogP contribution in [-0.2, 0) is 16.1 Å². The lowest BCUT2D eigenvalue weighted by Crippen LogP contribution is -2.37. The fourth-order valence-electron chi connectivity index (χ4n) is 3.30. The van der Waals surface area contributed by atoms with Crippen LogP contribution in [0.15, 0.2) is 30.3 Å². The Morgan fingerprint density at radius 2 is 1.93 bits per heavy atom. The number of esters is 1. The molecule has 3 rings (SSSR count). The molecular weight excluding hydrogens is 378 g/mol. The minimum absolute atomic E-state index is 0.282. The standard InChI is InChI=1S/C23H29N3O2Si/c1-6-26-21(13-16(2)25-26)23(28-22(27)14-17-7-8-17)20(15-24)18-9-11-19(12-10-18)29(3,4)5/h9-13,17H,6-8,14H2,1-5H3/b23-20-. The SMILES string of the molecule is CCn1nc(C)cc1/C(OC(=O)CC1CC1)=C(\C#N)c1ccc([Si](C)(C)C)cc1. The highest BCUT2D eigenvalue weighted by molar-refractivity contribution is 6.88. The summed E-state index contributed by atoms with van der Waals surface area (Å²) in [5.74, 6) is 0.444. The van der Waals surface area contributed by atoms with Crippen molar-refractivity contribution in [2.45, 2.75) is 59.3 Å². The van der Waals surface area contributed by atoms with Crippen molar-refractivity contribution in [2.24, 2.45) is 5.92 Å². The molecule has 152 valence electrons. The second-order valence-corrected chi connectivity index (χ2v) is 13.8. The summed E-state index contributed by atoms with van der Waals surface area (Å²) >= 11 is 0. The summed E-state index contributed by atoms with van der Waals surface area (Å²) in [6.07, 6.45) is 2.54. The fraction of sp³-hybridized carbons (Fsp3) is 0.435. The predicted octanol–water partition coefficient (Wildman–Crippen LogP) is 4.49. The number of allylic oxidation sites excluding steroid dienone is 1. The molecule has 0 saturated heterocycles. The molecule has 2 aromatic rings. The molecule has 0 radical (unpaired) electrons. The van der Waals surface area contributed by atoms with Crippen molar-refractivity contribution in [3.63, 3.8) is 0 Å². The van der Waals surface area contributed by atoms with Gasteiger partial charge in [0, 0.05) is 13.0 Å². The third kappa shape index (κ3) is 5.04. The van der Waals surface area contributed by atoms with Crippen LogP contribution in [0.4, 0.5) is 0 Å². The Morgan fingerprint density at radius 1 is 1.28 bits per heavy atom. The highest BCUT2D eigenvalue weighted by Crippen LogP contribution is 2.34. The molecule has 1 aliphatic carbocycles. The number of hydrogen-bond donors (Lipinski definition) is 0. The molecule has 0 atom stereocenters. The minimum Gasteiger partial charge on any atom is -0.423 e. The van der Waals surface area contributed by atoms with E-state index in [1.54, 1.807) is 4.68 Å². The maximum atomic E-state index is 12.5. The number of carbonyl (C=O) groups excluding carboxylic acids is 1. The summed E-state index contributed by atoms with van der Waals surface area (Å²) in [5, 5.41) is 15.8. The molecule has 5 nitrogen and oxygen atoms in total. The normalized spacial score (nSPS) is 14.9. The Morgan fingerprint density at radius 3 is 2.45 bits per heavy atom. The van der Waals surface area contributed by atoms with E-state index < -0.39 is 8.07 Å². The van der Waals surface area contributed by atoms with Crippen LogP contribution >= 0.6 is 0 Å². The van der Waals surface area contributed by atoms with E-state index in [-0.39, 0.29) is 5.97 Å². The largest absolute Gasteiger partial charge is 0.423 e. The van der Waals surface area contributed by atoms with E-state index in [1.165, 1.54) is 5.19 Å². The van der Waals surface area contributed by atoms with Crippen molar-refractivity contribution in [3.8, 4) is 6.07 Å². The van der Waals surface area contributed by atoms with Gasteiger partial charge in [-0.2, -0.15) is 10.4 Å². The van der Waals surface area contributed by atoms with Crippen molar-refractivity contribution >= 4 is 30.6 Å². The van der Waals surface area contributed by atoms with E-state index in [0.717, 1.165) is 24.1 Å². The van der Waals surface area contributed by atoms with Gasteiger partial charge in [-0.25, -0.2) is 0 Å². The monoisotopic (exact) mass is 407 g/mol. The Kier molecular flexibility index (Phi) is 6.09. The van der Waals surface area contributed by atoms with Gasteiger partial charge >= 0.3 is 5.97 Å². The van der Waals surface area contributed by atoms with Crippen molar-refractivity contribution in [1.82, 2.24) is 9.78 Å². The van der Waals surface area contributed by atoms with Crippen LogP contribution < -0.4 is 5.19 Å². The fourth-order valence-corrected chi connectivity index (χ4v) is 4.46.